The SMILES string of the molecule is O=C(NC1C2OC(=O)C3C2OC1C3C(=O)OC(C(F)(F)F)C(F)(F)S(=O)(=O)[O-])c1cc(I)cc(I)c1I. The van der Waals surface area contributed by atoms with Crippen molar-refractivity contribution in [3.05, 3.63) is 28.4 Å². The van der Waals surface area contributed by atoms with Gasteiger partial charge < -0.3 is 24.1 Å². The molecular weight excluding hydrogens is 882 g/mol. The van der Waals surface area contributed by atoms with E-state index in [4.69, 9.17) is 9.47 Å². The molecule has 7 unspecified atom stereocenters. The summed E-state index contributed by atoms with van der Waals surface area (Å²) < 4.78 is 116. The zero-order valence-corrected chi connectivity index (χ0v) is 24.6. The second-order valence-electron chi connectivity index (χ2n) is 8.14. The van der Waals surface area contributed by atoms with Gasteiger partial charge in [-0.05, 0) is 79.9 Å². The highest BCUT2D eigenvalue weighted by Gasteiger charge is 2.72. The van der Waals surface area contributed by atoms with Crippen molar-refractivity contribution >= 4 is 95.7 Å². The van der Waals surface area contributed by atoms with Crippen LogP contribution in [0.4, 0.5) is 22.0 Å². The van der Waals surface area contributed by atoms with Crippen molar-refractivity contribution in [3.63, 3.8) is 0 Å². The van der Waals surface area contributed by atoms with E-state index in [9.17, 15) is 49.3 Å². The number of hydrogen-bond acceptors (Lipinski definition) is 9. The number of benzene rings is 1. The standard InChI is InChI=1S/C18H11F5I3NO9S/c19-17(20,21)16(18(22,23)37(31,32)33)36-15(30)6-7-11-12(35-14(7)29)9(10(6)34-11)27-13(28)4-1-3(24)2-5(25)8(4)26/h1-2,6-7,9-12,16H,(H,27,28)(H,31,32,33)/p-1. The van der Waals surface area contributed by atoms with E-state index >= 15 is 0 Å². The molecule has 2 bridgehead atoms. The molecule has 7 atom stereocenters. The van der Waals surface area contributed by atoms with Crippen molar-refractivity contribution in [1.29, 1.82) is 0 Å². The Morgan fingerprint density at radius 1 is 1.08 bits per heavy atom. The maximum Gasteiger partial charge on any atom is 0.432 e. The molecule has 4 rings (SSSR count). The average Bonchev–Trinajstić information content (AvgIpc) is 3.36. The lowest BCUT2D eigenvalue weighted by atomic mass is 9.77. The van der Waals surface area contributed by atoms with Crippen LogP contribution in [-0.2, 0) is 33.9 Å². The van der Waals surface area contributed by atoms with Crippen molar-refractivity contribution < 1.29 is 63.5 Å². The summed E-state index contributed by atoms with van der Waals surface area (Å²) in [5.41, 5.74) is 0.192. The van der Waals surface area contributed by atoms with Gasteiger partial charge in [-0.2, -0.15) is 22.0 Å². The summed E-state index contributed by atoms with van der Waals surface area (Å²) in [7, 11) is -6.92. The van der Waals surface area contributed by atoms with Gasteiger partial charge in [-0.3, -0.25) is 14.4 Å². The first-order valence-electron chi connectivity index (χ1n) is 9.78. The van der Waals surface area contributed by atoms with E-state index in [1.165, 1.54) is 6.07 Å². The number of carbonyl (C=O) groups is 3. The topological polar surface area (TPSA) is 148 Å². The van der Waals surface area contributed by atoms with Gasteiger partial charge in [0.05, 0.1) is 17.7 Å². The monoisotopic (exact) mass is 892 g/mol. The maximum atomic E-state index is 13.8. The van der Waals surface area contributed by atoms with Crippen LogP contribution >= 0.6 is 67.8 Å². The first-order chi connectivity index (χ1) is 16.9. The minimum Gasteiger partial charge on any atom is -0.743 e. The maximum absolute atomic E-state index is 13.8. The highest BCUT2D eigenvalue weighted by atomic mass is 127. The molecule has 1 aromatic rings. The van der Waals surface area contributed by atoms with Gasteiger partial charge in [0.2, 0.25) is 0 Å². The summed E-state index contributed by atoms with van der Waals surface area (Å²) in [6, 6.07) is 2.03. The van der Waals surface area contributed by atoms with E-state index in [1.807, 2.05) is 67.8 Å². The molecule has 0 saturated carbocycles. The van der Waals surface area contributed by atoms with E-state index in [2.05, 4.69) is 10.1 Å². The van der Waals surface area contributed by atoms with E-state index in [0.717, 1.165) is 3.57 Å². The van der Waals surface area contributed by atoms with Crippen LogP contribution in [0.25, 0.3) is 0 Å². The normalized spacial score (nSPS) is 29.7. The fourth-order valence-corrected chi connectivity index (χ4v) is 7.27. The van der Waals surface area contributed by atoms with E-state index < -0.39 is 81.7 Å². The first kappa shape index (κ1) is 29.3. The number of carbonyl (C=O) groups excluding carboxylic acids is 3. The second kappa shape index (κ2) is 9.76. The number of ether oxygens (including phenoxy) is 3. The van der Waals surface area contributed by atoms with Gasteiger partial charge in [-0.1, -0.05) is 0 Å². The Bertz CT molecular complexity index is 1290. The predicted molar refractivity (Wildman–Crippen MR) is 132 cm³/mol. The first-order valence-corrected chi connectivity index (χ1v) is 14.4. The third-order valence-corrected chi connectivity index (χ3v) is 10.5. The van der Waals surface area contributed by atoms with Crippen molar-refractivity contribution in [2.45, 2.75) is 41.9 Å². The Morgan fingerprint density at radius 3 is 2.27 bits per heavy atom. The third-order valence-electron chi connectivity index (χ3n) is 5.94. The third kappa shape index (κ3) is 5.03. The zero-order chi connectivity index (χ0) is 27.8. The van der Waals surface area contributed by atoms with Crippen molar-refractivity contribution in [2.75, 3.05) is 0 Å². The second-order valence-corrected chi connectivity index (χ2v) is 13.1. The molecule has 10 nitrogen and oxygen atoms in total. The number of esters is 2. The number of amides is 1. The molecule has 3 aliphatic rings. The molecule has 0 spiro atoms. The van der Waals surface area contributed by atoms with Gasteiger partial charge in [-0.15, -0.1) is 0 Å². The van der Waals surface area contributed by atoms with Crippen LogP contribution in [0.2, 0.25) is 0 Å². The molecule has 0 aromatic heterocycles. The molecule has 3 aliphatic heterocycles. The molecular formula is C18H10F5I3NO9S-. The predicted octanol–water partition coefficient (Wildman–Crippen LogP) is 2.15. The van der Waals surface area contributed by atoms with Crippen LogP contribution in [0, 0.1) is 22.5 Å². The fraction of sp³-hybridized carbons (Fsp3) is 0.500. The molecule has 1 aromatic carbocycles. The summed E-state index contributed by atoms with van der Waals surface area (Å²) in [6.07, 6.45) is -14.7. The molecule has 1 N–H and O–H groups in total. The van der Waals surface area contributed by atoms with Gasteiger partial charge in [0.1, 0.15) is 17.9 Å². The number of alkyl halides is 5. The minimum absolute atomic E-state index is 0.192. The molecule has 3 saturated heterocycles. The lowest BCUT2D eigenvalue weighted by Crippen LogP contribution is -2.57. The minimum atomic E-state index is -6.92. The van der Waals surface area contributed by atoms with Crippen LogP contribution in [0.5, 0.6) is 0 Å². The molecule has 37 heavy (non-hydrogen) atoms. The van der Waals surface area contributed by atoms with Gasteiger partial charge in [0, 0.05) is 10.7 Å². The lowest BCUT2D eigenvalue weighted by Gasteiger charge is -2.32. The molecule has 204 valence electrons. The summed E-state index contributed by atoms with van der Waals surface area (Å²) in [5, 5.41) is -3.55. The molecule has 0 aliphatic carbocycles. The molecule has 19 heteroatoms. The summed E-state index contributed by atoms with van der Waals surface area (Å²) in [6.45, 7) is 0. The number of rotatable bonds is 6. The van der Waals surface area contributed by atoms with Crippen LogP contribution in [0.15, 0.2) is 12.1 Å². The van der Waals surface area contributed by atoms with Crippen molar-refractivity contribution in [1.82, 2.24) is 5.32 Å². The molecule has 3 heterocycles. The molecule has 1 amide bonds. The van der Waals surface area contributed by atoms with Crippen molar-refractivity contribution in [2.24, 2.45) is 11.8 Å². The van der Waals surface area contributed by atoms with E-state index in [0.29, 0.717) is 7.14 Å². The van der Waals surface area contributed by atoms with E-state index in [1.54, 1.807) is 6.07 Å². The Hall–Kier alpha value is -0.660. The number of hydrogen-bond donors (Lipinski definition) is 1. The highest BCUT2D eigenvalue weighted by molar-refractivity contribution is 14.1. The Labute approximate surface area is 244 Å². The number of nitrogens with one attached hydrogen (secondary N) is 1. The average molecular weight is 892 g/mol. The molecule has 0 radical (unpaired) electrons. The van der Waals surface area contributed by atoms with Gasteiger partial charge >= 0.3 is 23.4 Å². The Balaban J connectivity index is 1.63. The van der Waals surface area contributed by atoms with Gasteiger partial charge in [0.15, 0.2) is 16.2 Å². The number of halogens is 8. The summed E-state index contributed by atoms with van der Waals surface area (Å²) >= 11 is 5.86. The van der Waals surface area contributed by atoms with Crippen LogP contribution in [0.1, 0.15) is 10.4 Å². The van der Waals surface area contributed by atoms with Gasteiger partial charge in [0.25, 0.3) is 12.0 Å². The highest BCUT2D eigenvalue weighted by Crippen LogP contribution is 2.51. The van der Waals surface area contributed by atoms with Crippen molar-refractivity contribution in [3.8, 4) is 0 Å². The number of fused-ring (bicyclic) bond motifs is 1. The zero-order valence-electron chi connectivity index (χ0n) is 17.3. The largest absolute Gasteiger partial charge is 0.743 e. The fourth-order valence-electron chi connectivity index (χ4n) is 4.42. The van der Waals surface area contributed by atoms with Crippen LogP contribution < -0.4 is 5.32 Å². The van der Waals surface area contributed by atoms with E-state index in [-0.39, 0.29) is 5.56 Å². The van der Waals surface area contributed by atoms with Gasteiger partial charge in [-0.25, -0.2) is 8.42 Å². The lowest BCUT2D eigenvalue weighted by molar-refractivity contribution is -0.261. The summed E-state index contributed by atoms with van der Waals surface area (Å²) in [4.78, 5) is 38.0. The van der Waals surface area contributed by atoms with Crippen LogP contribution in [0.3, 0.4) is 0 Å². The van der Waals surface area contributed by atoms with Crippen LogP contribution in [-0.4, -0.2) is 72.7 Å². The quantitative estimate of drug-likeness (QED) is 0.149. The Morgan fingerprint density at radius 2 is 1.70 bits per heavy atom. The molecule has 3 fully saturated rings. The summed E-state index contributed by atoms with van der Waals surface area (Å²) in [5.74, 6) is -7.40. The smallest absolute Gasteiger partial charge is 0.432 e. The Kier molecular flexibility index (Phi) is 7.74.